The van der Waals surface area contributed by atoms with Gasteiger partial charge >= 0.3 is 21.8 Å². The van der Waals surface area contributed by atoms with Gasteiger partial charge < -0.3 is 14.9 Å². The van der Waals surface area contributed by atoms with Crippen LogP contribution in [0.3, 0.4) is 0 Å². The van der Waals surface area contributed by atoms with E-state index in [1.165, 1.54) is 0 Å². The third-order valence-corrected chi connectivity index (χ3v) is 2.24. The van der Waals surface area contributed by atoms with Gasteiger partial charge in [0.2, 0.25) is 0 Å². The second-order valence-corrected chi connectivity index (χ2v) is 5.13. The van der Waals surface area contributed by atoms with E-state index in [9.17, 15) is 9.36 Å². The van der Waals surface area contributed by atoms with Crippen molar-refractivity contribution in [1.29, 1.82) is 0 Å². The fourth-order valence-electron chi connectivity index (χ4n) is 0.771. The van der Waals surface area contributed by atoms with Crippen LogP contribution in [0.15, 0.2) is 0 Å². The van der Waals surface area contributed by atoms with Crippen LogP contribution < -0.4 is 0 Å². The molecule has 0 aliphatic rings. The maximum absolute atomic E-state index is 10.3. The van der Waals surface area contributed by atoms with Crippen molar-refractivity contribution in [2.45, 2.75) is 25.7 Å². The molecule has 0 aromatic carbocycles. The van der Waals surface area contributed by atoms with Crippen LogP contribution in [0.2, 0.25) is 0 Å². The van der Waals surface area contributed by atoms with Crippen molar-refractivity contribution in [1.82, 2.24) is 0 Å². The summed E-state index contributed by atoms with van der Waals surface area (Å²) < 4.78 is 19.0. The summed E-state index contributed by atoms with van der Waals surface area (Å²) in [6.45, 7) is 0. The summed E-state index contributed by atoms with van der Waals surface area (Å²) in [5.74, 6) is -0.869. The van der Waals surface area contributed by atoms with Gasteiger partial charge in [-0.25, -0.2) is 0 Å². The molecule has 96 valence electrons. The summed E-state index contributed by atoms with van der Waals surface area (Å²) in [5, 5.41) is 8.22. The zero-order valence-electron chi connectivity index (χ0n) is 8.39. The van der Waals surface area contributed by atoms with Crippen molar-refractivity contribution in [3.05, 3.63) is 0 Å². The van der Waals surface area contributed by atoms with Crippen molar-refractivity contribution in [2.75, 3.05) is 6.16 Å². The van der Waals surface area contributed by atoms with Crippen molar-refractivity contribution in [2.24, 2.45) is 0 Å². The second-order valence-electron chi connectivity index (χ2n) is 2.85. The van der Waals surface area contributed by atoms with Gasteiger partial charge in [0.05, 0.1) is 0 Å². The van der Waals surface area contributed by atoms with Crippen LogP contribution in [0, 0.1) is 0 Å². The molecule has 0 aliphatic carbocycles. The van der Waals surface area contributed by atoms with Gasteiger partial charge in [0, 0.05) is 17.1 Å². The Morgan fingerprint density at radius 1 is 1.12 bits per heavy atom. The van der Waals surface area contributed by atoms with E-state index < -0.39 is 21.8 Å². The molecule has 0 aromatic rings. The van der Waals surface area contributed by atoms with Crippen molar-refractivity contribution in [3.8, 4) is 0 Å². The molecule has 0 saturated carbocycles. The molecule has 0 fully saturated rings. The Labute approximate surface area is 93.0 Å². The molecule has 8 nitrogen and oxygen atoms in total. The Balaban J connectivity index is 0. The van der Waals surface area contributed by atoms with Gasteiger partial charge in [-0.15, -0.1) is 9.79 Å². The number of carboxylic acid groups (broad SMARTS) is 1. The standard InChI is InChI=1S/C6H13O5P.HO3P/c7-6(8)4-2-1-3-5-12(9,10)11;1-4(2)3/h1-5H2,(H,7,8)(H2,9,10,11);(H-,1,2,3)/p+1. The van der Waals surface area contributed by atoms with E-state index in [-0.39, 0.29) is 12.6 Å². The van der Waals surface area contributed by atoms with Crippen molar-refractivity contribution >= 4 is 21.8 Å². The molecule has 0 aliphatic heterocycles. The van der Waals surface area contributed by atoms with Crippen LogP contribution in [-0.4, -0.2) is 36.8 Å². The predicted molar refractivity (Wildman–Crippen MR) is 55.1 cm³/mol. The molecule has 16 heavy (non-hydrogen) atoms. The van der Waals surface area contributed by atoms with E-state index in [0.29, 0.717) is 19.3 Å². The fourth-order valence-corrected chi connectivity index (χ4v) is 1.41. The number of carboxylic acids is 1. The molecule has 0 aromatic heterocycles. The van der Waals surface area contributed by atoms with Gasteiger partial charge in [0.1, 0.15) is 0 Å². The normalized spacial score (nSPS) is 10.2. The molecule has 0 unspecified atom stereocenters. The van der Waals surface area contributed by atoms with E-state index in [4.69, 9.17) is 29.2 Å². The first-order valence-corrected chi connectivity index (χ1v) is 7.23. The molecule has 0 atom stereocenters. The van der Waals surface area contributed by atoms with Crippen LogP contribution in [0.5, 0.6) is 0 Å². The number of unbranched alkanes of at least 4 members (excludes halogenated alkanes) is 2. The van der Waals surface area contributed by atoms with Crippen LogP contribution >= 0.6 is 15.9 Å². The highest BCUT2D eigenvalue weighted by Crippen LogP contribution is 2.35. The quantitative estimate of drug-likeness (QED) is 0.346. The molecular formula is C6H15O8P2+. The Bertz CT molecular complexity index is 255. The minimum Gasteiger partial charge on any atom is -0.481 e. The topological polar surface area (TPSA) is 152 Å². The highest BCUT2D eigenvalue weighted by Gasteiger charge is 2.11. The summed E-state index contributed by atoms with van der Waals surface area (Å²) in [6, 6.07) is 0. The Hall–Kier alpha value is -0.360. The van der Waals surface area contributed by atoms with Gasteiger partial charge in [-0.05, 0) is 12.8 Å². The second kappa shape index (κ2) is 9.84. The van der Waals surface area contributed by atoms with E-state index in [0.717, 1.165) is 0 Å². The summed E-state index contributed by atoms with van der Waals surface area (Å²) >= 11 is 0. The van der Waals surface area contributed by atoms with Gasteiger partial charge in [-0.2, -0.15) is 0 Å². The lowest BCUT2D eigenvalue weighted by molar-refractivity contribution is -0.137. The minimum atomic E-state index is -3.88. The Kier molecular flexibility index (Phi) is 11.1. The monoisotopic (exact) mass is 277 g/mol. The lowest BCUT2D eigenvalue weighted by Gasteiger charge is -2.01. The van der Waals surface area contributed by atoms with Crippen molar-refractivity contribution in [3.63, 3.8) is 0 Å². The third kappa shape index (κ3) is 29.2. The molecule has 5 N–H and O–H groups in total. The average Bonchev–Trinajstić information content (AvgIpc) is 1.99. The largest absolute Gasteiger partial charge is 0.692 e. The van der Waals surface area contributed by atoms with E-state index in [1.54, 1.807) is 0 Å². The summed E-state index contributed by atoms with van der Waals surface area (Å²) in [6.07, 6.45) is 1.35. The molecule has 0 rings (SSSR count). The van der Waals surface area contributed by atoms with Gasteiger partial charge in [-0.3, -0.25) is 9.36 Å². The molecule has 0 amide bonds. The number of rotatable bonds is 6. The maximum atomic E-state index is 10.3. The van der Waals surface area contributed by atoms with Gasteiger partial charge in [-0.1, -0.05) is 6.42 Å². The predicted octanol–water partition coefficient (Wildman–Crippen LogP) is 0.437. The summed E-state index contributed by atoms with van der Waals surface area (Å²) in [4.78, 5) is 41.1. The van der Waals surface area contributed by atoms with Gasteiger partial charge in [0.15, 0.2) is 0 Å². The van der Waals surface area contributed by atoms with Crippen LogP contribution in [0.25, 0.3) is 0 Å². The van der Waals surface area contributed by atoms with Crippen molar-refractivity contribution < 1.29 is 38.6 Å². The van der Waals surface area contributed by atoms with Crippen LogP contribution in [0.4, 0.5) is 0 Å². The Morgan fingerprint density at radius 3 is 1.88 bits per heavy atom. The van der Waals surface area contributed by atoms with E-state index in [1.807, 2.05) is 0 Å². The van der Waals surface area contributed by atoms with Crippen LogP contribution in [0.1, 0.15) is 25.7 Å². The molecule has 0 saturated heterocycles. The molecular weight excluding hydrogens is 262 g/mol. The third-order valence-electron chi connectivity index (χ3n) is 1.34. The first-order chi connectivity index (χ1) is 7.15. The zero-order chi connectivity index (χ0) is 13.2. The minimum absolute atomic E-state index is 0.0706. The molecule has 10 heteroatoms. The Morgan fingerprint density at radius 2 is 1.56 bits per heavy atom. The lowest BCUT2D eigenvalue weighted by atomic mass is 10.2. The molecule has 0 bridgehead atoms. The molecule has 0 spiro atoms. The molecule has 0 heterocycles. The van der Waals surface area contributed by atoms with E-state index >= 15 is 0 Å². The number of hydrogen-bond donors (Lipinski definition) is 5. The number of hydrogen-bond acceptors (Lipinski definition) is 3. The number of carbonyl (C=O) groups is 1. The van der Waals surface area contributed by atoms with Crippen LogP contribution in [-0.2, 0) is 13.9 Å². The lowest BCUT2D eigenvalue weighted by Crippen LogP contribution is -1.94. The van der Waals surface area contributed by atoms with E-state index in [2.05, 4.69) is 0 Å². The number of aliphatic carboxylic acids is 1. The van der Waals surface area contributed by atoms with Gasteiger partial charge in [0.25, 0.3) is 0 Å². The first-order valence-electron chi connectivity index (χ1n) is 4.26. The highest BCUT2D eigenvalue weighted by molar-refractivity contribution is 7.51. The SMILES string of the molecule is O=C(O)CCCCCP(=O)(O)O.O=[P+](O)O. The summed E-state index contributed by atoms with van der Waals surface area (Å²) in [5.41, 5.74) is 0. The fraction of sp³-hybridized carbons (Fsp3) is 0.833. The smallest absolute Gasteiger partial charge is 0.481 e. The highest BCUT2D eigenvalue weighted by atomic mass is 31.2. The zero-order valence-corrected chi connectivity index (χ0v) is 10.2. The molecule has 0 radical (unpaired) electrons. The average molecular weight is 277 g/mol. The maximum Gasteiger partial charge on any atom is 0.692 e. The first kappa shape index (κ1) is 18.0. The summed E-state index contributed by atoms with van der Waals surface area (Å²) in [7, 11) is -6.75.